The van der Waals surface area contributed by atoms with Gasteiger partial charge < -0.3 is 9.88 Å². The van der Waals surface area contributed by atoms with Crippen LogP contribution in [0, 0.1) is 0 Å². The van der Waals surface area contributed by atoms with Gasteiger partial charge in [0.05, 0.1) is 5.69 Å². The third kappa shape index (κ3) is 2.01. The van der Waals surface area contributed by atoms with Crippen molar-refractivity contribution in [1.82, 2.24) is 4.98 Å². The molecule has 0 aromatic carbocycles. The standard InChI is InChI=1S/C7H7F3N2O/c1-12(5-2-3-11-4-5)6(13)7(8,9)10/h2-4,11H,1H3. The Balaban J connectivity index is 2.81. The van der Waals surface area contributed by atoms with E-state index < -0.39 is 12.1 Å². The van der Waals surface area contributed by atoms with Crippen LogP contribution in [0.5, 0.6) is 0 Å². The molecule has 1 amide bonds. The average Bonchev–Trinajstić information content (AvgIpc) is 2.51. The summed E-state index contributed by atoms with van der Waals surface area (Å²) in [6.45, 7) is 0. The molecule has 1 rings (SSSR count). The number of hydrogen-bond acceptors (Lipinski definition) is 1. The number of H-pyrrole nitrogens is 1. The smallest absolute Gasteiger partial charge is 0.366 e. The van der Waals surface area contributed by atoms with Crippen molar-refractivity contribution in [3.63, 3.8) is 0 Å². The SMILES string of the molecule is CN(C(=O)C(F)(F)F)c1cc[nH]c1. The molecule has 0 saturated carbocycles. The molecular weight excluding hydrogens is 185 g/mol. The lowest BCUT2D eigenvalue weighted by atomic mass is 10.4. The lowest BCUT2D eigenvalue weighted by molar-refractivity contribution is -0.170. The highest BCUT2D eigenvalue weighted by atomic mass is 19.4. The van der Waals surface area contributed by atoms with Crippen LogP contribution in [0.25, 0.3) is 0 Å². The van der Waals surface area contributed by atoms with E-state index >= 15 is 0 Å². The fourth-order valence-electron chi connectivity index (χ4n) is 0.831. The molecule has 0 unspecified atom stereocenters. The van der Waals surface area contributed by atoms with Gasteiger partial charge in [0.15, 0.2) is 0 Å². The average molecular weight is 192 g/mol. The van der Waals surface area contributed by atoms with Gasteiger partial charge in [0.1, 0.15) is 0 Å². The molecule has 1 aromatic heterocycles. The Labute approximate surface area is 72.2 Å². The summed E-state index contributed by atoms with van der Waals surface area (Å²) in [5, 5.41) is 0. The van der Waals surface area contributed by atoms with E-state index in [1.165, 1.54) is 18.5 Å². The summed E-state index contributed by atoms with van der Waals surface area (Å²) in [5.41, 5.74) is 0.183. The molecule has 1 aromatic rings. The summed E-state index contributed by atoms with van der Waals surface area (Å²) < 4.78 is 35.7. The van der Waals surface area contributed by atoms with Gasteiger partial charge in [-0.3, -0.25) is 4.79 Å². The van der Waals surface area contributed by atoms with Crippen molar-refractivity contribution in [3.05, 3.63) is 18.5 Å². The Morgan fingerprint density at radius 3 is 2.54 bits per heavy atom. The van der Waals surface area contributed by atoms with Crippen molar-refractivity contribution < 1.29 is 18.0 Å². The van der Waals surface area contributed by atoms with E-state index in [2.05, 4.69) is 4.98 Å². The Morgan fingerprint density at radius 2 is 2.15 bits per heavy atom. The minimum absolute atomic E-state index is 0.183. The van der Waals surface area contributed by atoms with E-state index in [4.69, 9.17) is 0 Å². The second-order valence-electron chi connectivity index (χ2n) is 2.43. The van der Waals surface area contributed by atoms with Gasteiger partial charge in [-0.05, 0) is 6.07 Å². The predicted molar refractivity (Wildman–Crippen MR) is 40.3 cm³/mol. The number of amides is 1. The van der Waals surface area contributed by atoms with Crippen LogP contribution in [0.3, 0.4) is 0 Å². The topological polar surface area (TPSA) is 36.1 Å². The molecule has 0 aliphatic heterocycles. The van der Waals surface area contributed by atoms with Crippen molar-refractivity contribution in [2.75, 3.05) is 11.9 Å². The number of halogens is 3. The molecule has 13 heavy (non-hydrogen) atoms. The maximum absolute atomic E-state index is 11.9. The summed E-state index contributed by atoms with van der Waals surface area (Å²) in [5.74, 6) is -1.88. The first kappa shape index (κ1) is 9.63. The van der Waals surface area contributed by atoms with E-state index in [0.29, 0.717) is 4.90 Å². The van der Waals surface area contributed by atoms with Crippen LogP contribution in [0.4, 0.5) is 18.9 Å². The first-order valence-electron chi connectivity index (χ1n) is 3.40. The van der Waals surface area contributed by atoms with E-state index in [1.807, 2.05) is 0 Å². The molecule has 6 heteroatoms. The van der Waals surface area contributed by atoms with Crippen LogP contribution in [0.2, 0.25) is 0 Å². The molecule has 1 N–H and O–H groups in total. The number of carbonyl (C=O) groups is 1. The molecule has 0 fully saturated rings. The summed E-state index contributed by atoms with van der Waals surface area (Å²) >= 11 is 0. The number of nitrogens with zero attached hydrogens (tertiary/aromatic N) is 1. The Morgan fingerprint density at radius 1 is 1.54 bits per heavy atom. The van der Waals surface area contributed by atoms with Crippen LogP contribution >= 0.6 is 0 Å². The molecule has 0 saturated heterocycles. The fourth-order valence-corrected chi connectivity index (χ4v) is 0.831. The summed E-state index contributed by atoms with van der Waals surface area (Å²) in [6, 6.07) is 1.38. The van der Waals surface area contributed by atoms with Crippen molar-refractivity contribution >= 4 is 11.6 Å². The highest BCUT2D eigenvalue weighted by Gasteiger charge is 2.41. The van der Waals surface area contributed by atoms with Crippen molar-refractivity contribution in [1.29, 1.82) is 0 Å². The fraction of sp³-hybridized carbons (Fsp3) is 0.286. The minimum Gasteiger partial charge on any atom is -0.366 e. The summed E-state index contributed by atoms with van der Waals surface area (Å²) in [7, 11) is 1.07. The van der Waals surface area contributed by atoms with Gasteiger partial charge in [-0.25, -0.2) is 0 Å². The van der Waals surface area contributed by atoms with Crippen LogP contribution < -0.4 is 4.90 Å². The van der Waals surface area contributed by atoms with E-state index in [9.17, 15) is 18.0 Å². The molecule has 0 aliphatic carbocycles. The molecular formula is C7H7F3N2O. The Kier molecular flexibility index (Phi) is 2.31. The van der Waals surface area contributed by atoms with Crippen LogP contribution in [0.15, 0.2) is 18.5 Å². The lowest BCUT2D eigenvalue weighted by Crippen LogP contribution is -2.38. The molecule has 0 bridgehead atoms. The second-order valence-corrected chi connectivity index (χ2v) is 2.43. The predicted octanol–water partition coefficient (Wildman–Crippen LogP) is 1.54. The summed E-state index contributed by atoms with van der Waals surface area (Å²) in [6.07, 6.45) is -2.08. The van der Waals surface area contributed by atoms with Gasteiger partial charge in [-0.15, -0.1) is 0 Å². The Bertz CT molecular complexity index is 291. The number of alkyl halides is 3. The maximum Gasteiger partial charge on any atom is 0.471 e. The van der Waals surface area contributed by atoms with E-state index in [-0.39, 0.29) is 5.69 Å². The molecule has 72 valence electrons. The van der Waals surface area contributed by atoms with Gasteiger partial charge in [0.2, 0.25) is 0 Å². The molecule has 3 nitrogen and oxygen atoms in total. The van der Waals surface area contributed by atoms with Crippen LogP contribution in [-0.2, 0) is 4.79 Å². The number of rotatable bonds is 1. The number of aromatic amines is 1. The van der Waals surface area contributed by atoms with E-state index in [1.54, 1.807) is 0 Å². The number of hydrogen-bond donors (Lipinski definition) is 1. The molecule has 0 radical (unpaired) electrons. The van der Waals surface area contributed by atoms with Gasteiger partial charge in [0, 0.05) is 19.4 Å². The molecule has 0 spiro atoms. The number of anilines is 1. The quantitative estimate of drug-likeness (QED) is 0.719. The minimum atomic E-state index is -4.83. The maximum atomic E-state index is 11.9. The zero-order valence-electron chi connectivity index (χ0n) is 6.72. The zero-order chi connectivity index (χ0) is 10.1. The highest BCUT2D eigenvalue weighted by molar-refractivity contribution is 5.96. The monoisotopic (exact) mass is 192 g/mol. The lowest BCUT2D eigenvalue weighted by Gasteiger charge is -2.16. The highest BCUT2D eigenvalue weighted by Crippen LogP contribution is 2.21. The van der Waals surface area contributed by atoms with Crippen molar-refractivity contribution in [2.24, 2.45) is 0 Å². The van der Waals surface area contributed by atoms with Crippen molar-refractivity contribution in [3.8, 4) is 0 Å². The number of aromatic nitrogens is 1. The first-order valence-corrected chi connectivity index (χ1v) is 3.40. The van der Waals surface area contributed by atoms with Gasteiger partial charge >= 0.3 is 12.1 Å². The number of carbonyl (C=O) groups excluding carboxylic acids is 1. The summed E-state index contributed by atoms with van der Waals surface area (Å²) in [4.78, 5) is 13.7. The second kappa shape index (κ2) is 3.12. The van der Waals surface area contributed by atoms with Gasteiger partial charge in [-0.2, -0.15) is 13.2 Å². The molecule has 0 atom stereocenters. The molecule has 0 aliphatic rings. The van der Waals surface area contributed by atoms with Gasteiger partial charge in [0.25, 0.3) is 0 Å². The Hall–Kier alpha value is -1.46. The number of nitrogens with one attached hydrogen (secondary N) is 1. The molecule has 1 heterocycles. The van der Waals surface area contributed by atoms with E-state index in [0.717, 1.165) is 7.05 Å². The van der Waals surface area contributed by atoms with Crippen LogP contribution in [0.1, 0.15) is 0 Å². The van der Waals surface area contributed by atoms with Crippen molar-refractivity contribution in [2.45, 2.75) is 6.18 Å². The normalized spacial score (nSPS) is 11.4. The largest absolute Gasteiger partial charge is 0.471 e. The first-order chi connectivity index (χ1) is 5.93. The van der Waals surface area contributed by atoms with Crippen LogP contribution in [-0.4, -0.2) is 24.1 Å². The van der Waals surface area contributed by atoms with Gasteiger partial charge in [-0.1, -0.05) is 0 Å². The third-order valence-corrected chi connectivity index (χ3v) is 1.52. The zero-order valence-corrected chi connectivity index (χ0v) is 6.72. The third-order valence-electron chi connectivity index (χ3n) is 1.52.